The van der Waals surface area contributed by atoms with Crippen molar-refractivity contribution < 1.29 is 14.8 Å². The molecule has 0 saturated carbocycles. The van der Waals surface area contributed by atoms with E-state index in [1.165, 1.54) is 12.1 Å². The first-order chi connectivity index (χ1) is 11.0. The fraction of sp³-hybridized carbons (Fsp3) is 0.133. The Balaban J connectivity index is 0.000000313. The Labute approximate surface area is 133 Å². The van der Waals surface area contributed by atoms with Gasteiger partial charge in [-0.2, -0.15) is 0 Å². The number of carbonyl (C=O) groups excluding carboxylic acids is 1. The highest BCUT2D eigenvalue weighted by molar-refractivity contribution is 5.71. The number of phenols is 1. The summed E-state index contributed by atoms with van der Waals surface area (Å²) in [6, 6.07) is 14.1. The highest BCUT2D eigenvalue weighted by Gasteiger charge is 2.03. The fourth-order valence-electron chi connectivity index (χ4n) is 1.52. The number of nitrogens with one attached hydrogen (secondary N) is 2. The summed E-state index contributed by atoms with van der Waals surface area (Å²) in [5.41, 5.74) is 5.66. The molecule has 2 aromatic carbocycles. The molecule has 0 bridgehead atoms. The molecule has 8 nitrogen and oxygen atoms in total. The van der Waals surface area contributed by atoms with Gasteiger partial charge in [0.05, 0.1) is 4.92 Å². The van der Waals surface area contributed by atoms with Crippen LogP contribution in [-0.2, 0) is 0 Å². The maximum absolute atomic E-state index is 10.4. The van der Waals surface area contributed by atoms with E-state index in [-0.39, 0.29) is 5.69 Å². The van der Waals surface area contributed by atoms with Gasteiger partial charge in [-0.1, -0.05) is 18.2 Å². The number of nitrogens with zero attached hydrogens (tertiary/aromatic N) is 1. The summed E-state index contributed by atoms with van der Waals surface area (Å²) in [5, 5.41) is 24.4. The maximum Gasteiger partial charge on any atom is 0.312 e. The highest BCUT2D eigenvalue weighted by atomic mass is 16.6. The molecule has 0 heterocycles. The molecule has 0 radical (unpaired) electrons. The third-order valence-electron chi connectivity index (χ3n) is 2.59. The molecular formula is C15H18N4O4. The van der Waals surface area contributed by atoms with Crippen molar-refractivity contribution in [2.75, 3.05) is 18.4 Å². The van der Waals surface area contributed by atoms with Crippen molar-refractivity contribution >= 4 is 17.4 Å². The molecule has 0 atom stereocenters. The Kier molecular flexibility index (Phi) is 7.42. The van der Waals surface area contributed by atoms with E-state index in [1.54, 1.807) is 36.4 Å². The van der Waals surface area contributed by atoms with Crippen LogP contribution in [0.25, 0.3) is 0 Å². The smallest absolute Gasteiger partial charge is 0.312 e. The number of non-ortho nitro benzene ring substituents is 1. The Bertz CT molecular complexity index is 617. The van der Waals surface area contributed by atoms with E-state index in [0.717, 1.165) is 5.69 Å². The van der Waals surface area contributed by atoms with Crippen molar-refractivity contribution in [3.05, 3.63) is 64.7 Å². The van der Waals surface area contributed by atoms with Gasteiger partial charge in [-0.05, 0) is 24.3 Å². The SMILES string of the molecule is NC(=O)NCCNc1ccc([N+](=O)[O-])cc1.Oc1ccccc1. The van der Waals surface area contributed by atoms with Crippen molar-refractivity contribution in [3.8, 4) is 5.75 Å². The lowest BCUT2D eigenvalue weighted by atomic mass is 10.3. The zero-order valence-electron chi connectivity index (χ0n) is 12.3. The molecular weight excluding hydrogens is 300 g/mol. The number of urea groups is 1. The second kappa shape index (κ2) is 9.61. The predicted molar refractivity (Wildman–Crippen MR) is 87.3 cm³/mol. The van der Waals surface area contributed by atoms with Crippen molar-refractivity contribution in [1.29, 1.82) is 0 Å². The summed E-state index contributed by atoms with van der Waals surface area (Å²) in [5.74, 6) is 0.322. The molecule has 0 aliphatic rings. The summed E-state index contributed by atoms with van der Waals surface area (Å²) in [6.07, 6.45) is 0. The quantitative estimate of drug-likeness (QED) is 0.381. The van der Waals surface area contributed by atoms with E-state index in [0.29, 0.717) is 18.8 Å². The maximum atomic E-state index is 10.4. The van der Waals surface area contributed by atoms with Crippen molar-refractivity contribution in [2.45, 2.75) is 0 Å². The van der Waals surface area contributed by atoms with Crippen LogP contribution in [0.4, 0.5) is 16.2 Å². The largest absolute Gasteiger partial charge is 0.508 e. The first-order valence-electron chi connectivity index (χ1n) is 6.74. The monoisotopic (exact) mass is 318 g/mol. The lowest BCUT2D eigenvalue weighted by molar-refractivity contribution is -0.384. The van der Waals surface area contributed by atoms with Gasteiger partial charge in [-0.3, -0.25) is 10.1 Å². The number of aromatic hydroxyl groups is 1. The van der Waals surface area contributed by atoms with Gasteiger partial charge < -0.3 is 21.5 Å². The number of para-hydroxylation sites is 1. The van der Waals surface area contributed by atoms with E-state index in [4.69, 9.17) is 10.8 Å². The zero-order valence-corrected chi connectivity index (χ0v) is 12.3. The molecule has 23 heavy (non-hydrogen) atoms. The summed E-state index contributed by atoms with van der Waals surface area (Å²) in [6.45, 7) is 0.896. The van der Waals surface area contributed by atoms with Gasteiger partial charge in [-0.25, -0.2) is 4.79 Å². The number of amides is 2. The summed E-state index contributed by atoms with van der Waals surface area (Å²) in [7, 11) is 0. The number of nitro benzene ring substituents is 1. The third-order valence-corrected chi connectivity index (χ3v) is 2.59. The summed E-state index contributed by atoms with van der Waals surface area (Å²) in [4.78, 5) is 20.3. The normalized spacial score (nSPS) is 9.22. The summed E-state index contributed by atoms with van der Waals surface area (Å²) < 4.78 is 0. The minimum Gasteiger partial charge on any atom is -0.508 e. The minimum absolute atomic E-state index is 0.0424. The highest BCUT2D eigenvalue weighted by Crippen LogP contribution is 2.14. The van der Waals surface area contributed by atoms with Crippen molar-refractivity contribution in [3.63, 3.8) is 0 Å². The van der Waals surface area contributed by atoms with Crippen LogP contribution in [0, 0.1) is 10.1 Å². The Morgan fingerprint density at radius 2 is 1.70 bits per heavy atom. The van der Waals surface area contributed by atoms with Crippen LogP contribution < -0.4 is 16.4 Å². The van der Waals surface area contributed by atoms with E-state index in [1.807, 2.05) is 6.07 Å². The number of hydrogen-bond donors (Lipinski definition) is 4. The zero-order chi connectivity index (χ0) is 17.1. The number of phenolic OH excluding ortho intramolecular Hbond substituents is 1. The second-order valence-electron chi connectivity index (χ2n) is 4.36. The standard InChI is InChI=1S/C9H12N4O3.C6H6O/c10-9(14)12-6-5-11-7-1-3-8(4-2-7)13(15)16;7-6-4-2-1-3-5-6/h1-4,11H,5-6H2,(H3,10,12,14);1-5,7H. The molecule has 0 aliphatic carbocycles. The third kappa shape index (κ3) is 7.90. The van der Waals surface area contributed by atoms with E-state index >= 15 is 0 Å². The number of rotatable bonds is 5. The summed E-state index contributed by atoms with van der Waals surface area (Å²) >= 11 is 0. The van der Waals surface area contributed by atoms with Crippen LogP contribution in [0.2, 0.25) is 0 Å². The Morgan fingerprint density at radius 1 is 1.09 bits per heavy atom. The van der Waals surface area contributed by atoms with Gasteiger partial charge in [0.1, 0.15) is 5.75 Å². The van der Waals surface area contributed by atoms with E-state index in [2.05, 4.69) is 10.6 Å². The number of hydrogen-bond acceptors (Lipinski definition) is 5. The lowest BCUT2D eigenvalue weighted by Crippen LogP contribution is -2.33. The molecule has 2 amide bonds. The Morgan fingerprint density at radius 3 is 2.13 bits per heavy atom. The van der Waals surface area contributed by atoms with Crippen LogP contribution in [0.15, 0.2) is 54.6 Å². The lowest BCUT2D eigenvalue weighted by Gasteiger charge is -2.05. The molecule has 0 aromatic heterocycles. The van der Waals surface area contributed by atoms with Crippen LogP contribution in [-0.4, -0.2) is 29.2 Å². The average Bonchev–Trinajstić information content (AvgIpc) is 2.53. The molecule has 0 aliphatic heterocycles. The number of carbonyl (C=O) groups is 1. The van der Waals surface area contributed by atoms with Crippen molar-refractivity contribution in [2.24, 2.45) is 5.73 Å². The number of nitrogens with two attached hydrogens (primary N) is 1. The van der Waals surface area contributed by atoms with Gasteiger partial charge in [0, 0.05) is 30.9 Å². The molecule has 0 saturated heterocycles. The van der Waals surface area contributed by atoms with Crippen LogP contribution in [0.5, 0.6) is 5.75 Å². The topological polar surface area (TPSA) is 131 Å². The molecule has 5 N–H and O–H groups in total. The van der Waals surface area contributed by atoms with Gasteiger partial charge >= 0.3 is 6.03 Å². The number of nitro groups is 1. The predicted octanol–water partition coefficient (Wildman–Crippen LogP) is 2.07. The molecule has 0 unspecified atom stereocenters. The molecule has 0 fully saturated rings. The number of anilines is 1. The molecule has 0 spiro atoms. The molecule has 2 rings (SSSR count). The molecule has 2 aromatic rings. The second-order valence-corrected chi connectivity index (χ2v) is 4.36. The fourth-order valence-corrected chi connectivity index (χ4v) is 1.52. The van der Waals surface area contributed by atoms with Gasteiger partial charge in [-0.15, -0.1) is 0 Å². The molecule has 8 heteroatoms. The van der Waals surface area contributed by atoms with Crippen LogP contribution >= 0.6 is 0 Å². The van der Waals surface area contributed by atoms with E-state index in [9.17, 15) is 14.9 Å². The number of benzene rings is 2. The van der Waals surface area contributed by atoms with Gasteiger partial charge in [0.25, 0.3) is 5.69 Å². The van der Waals surface area contributed by atoms with Crippen LogP contribution in [0.3, 0.4) is 0 Å². The first-order valence-corrected chi connectivity index (χ1v) is 6.74. The average molecular weight is 318 g/mol. The number of primary amides is 1. The van der Waals surface area contributed by atoms with Gasteiger partial charge in [0.2, 0.25) is 0 Å². The molecule has 122 valence electrons. The van der Waals surface area contributed by atoms with Crippen LogP contribution in [0.1, 0.15) is 0 Å². The minimum atomic E-state index is -0.578. The van der Waals surface area contributed by atoms with Crippen molar-refractivity contribution in [1.82, 2.24) is 5.32 Å². The van der Waals surface area contributed by atoms with Gasteiger partial charge in [0.15, 0.2) is 0 Å². The van der Waals surface area contributed by atoms with E-state index < -0.39 is 11.0 Å². The Hall–Kier alpha value is -3.29. The first kappa shape index (κ1) is 17.8.